The molecule has 1 aliphatic heterocycles. The predicted molar refractivity (Wildman–Crippen MR) is 105 cm³/mol. The Morgan fingerprint density at radius 2 is 1.64 bits per heavy atom. The molecule has 0 unspecified atom stereocenters. The van der Waals surface area contributed by atoms with Gasteiger partial charge in [-0.15, -0.1) is 0 Å². The number of fused-ring (bicyclic) bond motifs is 4. The van der Waals surface area contributed by atoms with Crippen LogP contribution in [0.1, 0.15) is 11.1 Å². The summed E-state index contributed by atoms with van der Waals surface area (Å²) in [4.78, 5) is 2.30. The quantitative estimate of drug-likeness (QED) is 0.392. The van der Waals surface area contributed by atoms with Gasteiger partial charge in [0.25, 0.3) is 0 Å². The van der Waals surface area contributed by atoms with E-state index in [-0.39, 0.29) is 15.0 Å². The molecular weight excluding hydrogens is 373 g/mol. The minimum atomic E-state index is 0.244. The first-order valence-corrected chi connectivity index (χ1v) is 10.1. The number of hydrogen-bond donors (Lipinski definition) is 0. The fourth-order valence-corrected chi connectivity index (χ4v) is 5.87. The number of aryl methyl sites for hydroxylation is 2. The zero-order valence-corrected chi connectivity index (χ0v) is 15.8. The third-order valence-corrected chi connectivity index (χ3v) is 7.09. The van der Waals surface area contributed by atoms with E-state index in [0.717, 1.165) is 11.5 Å². The van der Waals surface area contributed by atoms with Crippen LogP contribution in [0.2, 0.25) is 0 Å². The molecule has 0 spiro atoms. The van der Waals surface area contributed by atoms with Crippen molar-refractivity contribution in [2.75, 3.05) is 4.90 Å². The van der Waals surface area contributed by atoms with Gasteiger partial charge in [0, 0.05) is 0 Å². The van der Waals surface area contributed by atoms with Gasteiger partial charge in [-0.3, -0.25) is 0 Å². The summed E-state index contributed by atoms with van der Waals surface area (Å²) >= 11 is 0.244. The van der Waals surface area contributed by atoms with Crippen LogP contribution in [0.3, 0.4) is 0 Å². The standard InChI is InChI=1S/C22H17NOSe/c1-14-11-12-17(15(2)13-14)23-18-8-4-6-10-20(18)25-21-16-7-3-5-9-19(16)24-22(21)23/h3-13H,1-2H3. The van der Waals surface area contributed by atoms with Gasteiger partial charge in [0.15, 0.2) is 0 Å². The van der Waals surface area contributed by atoms with Gasteiger partial charge in [-0.2, -0.15) is 0 Å². The number of hydrogen-bond acceptors (Lipinski definition) is 2. The van der Waals surface area contributed by atoms with E-state index < -0.39 is 0 Å². The molecule has 0 radical (unpaired) electrons. The molecule has 0 saturated heterocycles. The van der Waals surface area contributed by atoms with Crippen LogP contribution in [-0.2, 0) is 0 Å². The first-order valence-electron chi connectivity index (χ1n) is 8.38. The van der Waals surface area contributed by atoms with E-state index in [1.54, 1.807) is 0 Å². The molecule has 0 atom stereocenters. The molecule has 0 aliphatic carbocycles. The zero-order chi connectivity index (χ0) is 17.0. The molecule has 0 N–H and O–H groups in total. The maximum absolute atomic E-state index is 6.34. The molecule has 1 aromatic heterocycles. The van der Waals surface area contributed by atoms with Crippen LogP contribution in [0.15, 0.2) is 71.1 Å². The summed E-state index contributed by atoms with van der Waals surface area (Å²) < 4.78 is 9.07. The van der Waals surface area contributed by atoms with Gasteiger partial charge in [0.2, 0.25) is 0 Å². The number of benzene rings is 3. The average Bonchev–Trinajstić information content (AvgIpc) is 2.99. The molecule has 0 saturated carbocycles. The van der Waals surface area contributed by atoms with E-state index >= 15 is 0 Å². The minimum absolute atomic E-state index is 0.244. The van der Waals surface area contributed by atoms with E-state index in [1.165, 1.54) is 36.8 Å². The van der Waals surface area contributed by atoms with Crippen molar-refractivity contribution in [1.29, 1.82) is 0 Å². The van der Waals surface area contributed by atoms with Crippen molar-refractivity contribution in [3.05, 3.63) is 77.9 Å². The number of anilines is 3. The van der Waals surface area contributed by atoms with Crippen LogP contribution in [0, 0.1) is 13.8 Å². The van der Waals surface area contributed by atoms with Crippen molar-refractivity contribution in [2.45, 2.75) is 13.8 Å². The molecule has 3 aromatic carbocycles. The Bertz CT molecular complexity index is 1110. The van der Waals surface area contributed by atoms with Crippen LogP contribution >= 0.6 is 0 Å². The summed E-state index contributed by atoms with van der Waals surface area (Å²) in [6.45, 7) is 4.31. The molecule has 2 heterocycles. The Kier molecular flexibility index (Phi) is 3.27. The molecule has 25 heavy (non-hydrogen) atoms. The Morgan fingerprint density at radius 1 is 0.840 bits per heavy atom. The molecule has 4 aromatic rings. The van der Waals surface area contributed by atoms with Gasteiger partial charge < -0.3 is 0 Å². The number of rotatable bonds is 1. The van der Waals surface area contributed by atoms with E-state index in [1.807, 2.05) is 6.07 Å². The summed E-state index contributed by atoms with van der Waals surface area (Å²) in [5.41, 5.74) is 5.93. The van der Waals surface area contributed by atoms with Gasteiger partial charge in [-0.05, 0) is 0 Å². The van der Waals surface area contributed by atoms with E-state index in [2.05, 4.69) is 79.4 Å². The average molecular weight is 390 g/mol. The van der Waals surface area contributed by atoms with E-state index in [4.69, 9.17) is 4.42 Å². The van der Waals surface area contributed by atoms with Crippen LogP contribution < -0.4 is 13.8 Å². The summed E-state index contributed by atoms with van der Waals surface area (Å²) in [5.74, 6) is 0.979. The number of para-hydroxylation sites is 2. The molecular formula is C22H17NOSe. The molecule has 0 amide bonds. The first-order chi connectivity index (χ1) is 12.2. The van der Waals surface area contributed by atoms with Crippen molar-refractivity contribution in [1.82, 2.24) is 0 Å². The Hall–Kier alpha value is -2.48. The van der Waals surface area contributed by atoms with Crippen molar-refractivity contribution in [2.24, 2.45) is 0 Å². The monoisotopic (exact) mass is 391 g/mol. The molecule has 0 fully saturated rings. The molecule has 3 heteroatoms. The van der Waals surface area contributed by atoms with Crippen molar-refractivity contribution in [3.8, 4) is 0 Å². The normalized spacial score (nSPS) is 13.0. The van der Waals surface area contributed by atoms with Crippen molar-refractivity contribution < 1.29 is 4.42 Å². The van der Waals surface area contributed by atoms with Crippen LogP contribution in [0.5, 0.6) is 0 Å². The van der Waals surface area contributed by atoms with Gasteiger partial charge in [0.1, 0.15) is 0 Å². The molecule has 1 aliphatic rings. The second-order valence-electron chi connectivity index (χ2n) is 6.43. The van der Waals surface area contributed by atoms with Gasteiger partial charge in [-0.1, -0.05) is 0 Å². The summed E-state index contributed by atoms with van der Waals surface area (Å²) in [5, 5.41) is 1.24. The number of furan rings is 1. The Labute approximate surface area is 153 Å². The van der Waals surface area contributed by atoms with Crippen molar-refractivity contribution >= 4 is 52.1 Å². The SMILES string of the molecule is Cc1ccc(N2c3ccccc3[Se]c3c2oc2ccccc32)c(C)c1. The summed E-state index contributed by atoms with van der Waals surface area (Å²) in [6, 6.07) is 23.7. The second-order valence-corrected chi connectivity index (χ2v) is 8.64. The predicted octanol–water partition coefficient (Wildman–Crippen LogP) is 4.49. The zero-order valence-electron chi connectivity index (χ0n) is 14.1. The fraction of sp³-hybridized carbons (Fsp3) is 0.0909. The topological polar surface area (TPSA) is 16.4 Å². The van der Waals surface area contributed by atoms with Crippen molar-refractivity contribution in [3.63, 3.8) is 0 Å². The van der Waals surface area contributed by atoms with Gasteiger partial charge >= 0.3 is 153 Å². The van der Waals surface area contributed by atoms with E-state index in [0.29, 0.717) is 0 Å². The fourth-order valence-electron chi connectivity index (χ4n) is 3.50. The summed E-state index contributed by atoms with van der Waals surface area (Å²) in [7, 11) is 0. The first kappa shape index (κ1) is 14.8. The van der Waals surface area contributed by atoms with Crippen LogP contribution in [0.4, 0.5) is 17.3 Å². The Morgan fingerprint density at radius 3 is 2.52 bits per heavy atom. The third kappa shape index (κ3) is 2.24. The molecule has 122 valence electrons. The summed E-state index contributed by atoms with van der Waals surface area (Å²) in [6.07, 6.45) is 0. The maximum atomic E-state index is 6.34. The van der Waals surface area contributed by atoms with Crippen LogP contribution in [-0.4, -0.2) is 15.0 Å². The van der Waals surface area contributed by atoms with Crippen LogP contribution in [0.25, 0.3) is 11.0 Å². The second kappa shape index (κ2) is 5.52. The Balaban J connectivity index is 1.83. The third-order valence-electron chi connectivity index (χ3n) is 4.65. The van der Waals surface area contributed by atoms with E-state index in [9.17, 15) is 0 Å². The van der Waals surface area contributed by atoms with Gasteiger partial charge in [-0.25, -0.2) is 0 Å². The molecule has 2 nitrogen and oxygen atoms in total. The molecule has 5 rings (SSSR count). The van der Waals surface area contributed by atoms with Gasteiger partial charge in [0.05, 0.1) is 0 Å². The number of nitrogens with zero attached hydrogens (tertiary/aromatic N) is 1. The molecule has 0 bridgehead atoms.